The van der Waals surface area contributed by atoms with E-state index >= 15 is 35.1 Å². The molecule has 338 valence electrons. The lowest BCUT2D eigenvalue weighted by atomic mass is 9.12. The Bertz CT molecular complexity index is 2730. The molecule has 24 heteroatoms. The summed E-state index contributed by atoms with van der Waals surface area (Å²) in [5.41, 5.74) is -12.8. The second-order valence-electron chi connectivity index (χ2n) is 13.5. The van der Waals surface area contributed by atoms with Gasteiger partial charge in [0.15, 0.2) is 88.7 Å². The number of carboxylic acids is 1. The summed E-state index contributed by atoms with van der Waals surface area (Å²) in [4.78, 5) is 11.2. The molecule has 7 rings (SSSR count). The van der Waals surface area contributed by atoms with Gasteiger partial charge >= 0.3 is 5.97 Å². The van der Waals surface area contributed by atoms with Crippen molar-refractivity contribution in [2.24, 2.45) is 0 Å². The van der Waals surface area contributed by atoms with E-state index < -0.39 is 150 Å². The second-order valence-corrected chi connectivity index (χ2v) is 13.5. The average molecular weight is 943 g/mol. The standard InChI is InChI=1S/C24BF20.C17H13NO2/c26-5-1(6(27)14(35)21(42)13(5)34)25(2-7(28)15(36)22(43)16(37)8(2)29,3-9(30)17(38)23(44)18(39)10(3)31)4-11(32)19(40)24(45)20(41)12(4)33;19-17(20)16-8-4-7-14-12-18(10-9-15(14)16)11-13-5-2-1-3-6-13/h;1-10,12H,11H2/q-1;/p+1. The first-order valence-corrected chi connectivity index (χ1v) is 17.4. The van der Waals surface area contributed by atoms with Gasteiger partial charge in [-0.3, -0.25) is 0 Å². The monoisotopic (exact) mass is 943 g/mol. The molecule has 0 atom stereocenters. The molecule has 1 aromatic heterocycles. The average Bonchev–Trinajstić information content (AvgIpc) is 3.29. The first kappa shape index (κ1) is 47.3. The van der Waals surface area contributed by atoms with E-state index in [0.717, 1.165) is 17.3 Å². The van der Waals surface area contributed by atoms with E-state index in [9.17, 15) is 62.6 Å². The Balaban J connectivity index is 0.000000289. The predicted octanol–water partition coefficient (Wildman–Crippen LogP) is 8.72. The molecule has 0 aliphatic heterocycles. The summed E-state index contributed by atoms with van der Waals surface area (Å²) >= 11 is 0. The molecule has 1 N–H and O–H groups in total. The van der Waals surface area contributed by atoms with Crippen LogP contribution in [0.5, 0.6) is 0 Å². The summed E-state index contributed by atoms with van der Waals surface area (Å²) in [6, 6.07) is 17.4. The Hall–Kier alpha value is -7.14. The van der Waals surface area contributed by atoms with E-state index in [2.05, 4.69) is 16.7 Å². The van der Waals surface area contributed by atoms with Crippen LogP contribution < -0.4 is 26.4 Å². The van der Waals surface area contributed by atoms with Gasteiger partial charge in [-0.25, -0.2) is 97.2 Å². The molecule has 0 fully saturated rings. The third-order valence-electron chi connectivity index (χ3n) is 10.0. The van der Waals surface area contributed by atoms with Crippen molar-refractivity contribution in [1.82, 2.24) is 0 Å². The van der Waals surface area contributed by atoms with E-state index in [1.54, 1.807) is 12.1 Å². The summed E-state index contributed by atoms with van der Waals surface area (Å²) in [7, 11) is 0. The highest BCUT2D eigenvalue weighted by molar-refractivity contribution is 7.20. The first-order valence-electron chi connectivity index (χ1n) is 17.4. The summed E-state index contributed by atoms with van der Waals surface area (Å²) in [6.45, 7) is 0.772. The number of aromatic nitrogens is 1. The number of carboxylic acid groups (broad SMARTS) is 1. The number of halogens is 20. The van der Waals surface area contributed by atoms with Crippen LogP contribution in [0.1, 0.15) is 15.9 Å². The minimum Gasteiger partial charge on any atom is -0.478 e. The van der Waals surface area contributed by atoms with E-state index in [1.165, 1.54) is 5.56 Å². The summed E-state index contributed by atoms with van der Waals surface area (Å²) < 4.78 is 296. The normalized spacial score (nSPS) is 11.6. The molecule has 0 amide bonds. The number of hydrogen-bond donors (Lipinski definition) is 1. The van der Waals surface area contributed by atoms with Gasteiger partial charge in [-0.15, -0.1) is 21.9 Å². The maximum atomic E-state index is 15.4. The number of nitrogens with zero attached hydrogens (tertiary/aromatic N) is 1. The Morgan fingerprint density at radius 3 is 1.02 bits per heavy atom. The van der Waals surface area contributed by atoms with Gasteiger partial charge in [0.25, 0.3) is 0 Å². The van der Waals surface area contributed by atoms with E-state index in [4.69, 9.17) is 0 Å². The smallest absolute Gasteiger partial charge is 0.336 e. The fourth-order valence-electron chi connectivity index (χ4n) is 7.23. The lowest BCUT2D eigenvalue weighted by Gasteiger charge is -2.44. The molecule has 1 heterocycles. The van der Waals surface area contributed by atoms with Gasteiger partial charge in [0.1, 0.15) is 52.7 Å². The van der Waals surface area contributed by atoms with Crippen molar-refractivity contribution in [3.8, 4) is 0 Å². The van der Waals surface area contributed by atoms with Crippen LogP contribution in [-0.4, -0.2) is 17.2 Å². The van der Waals surface area contributed by atoms with E-state index in [-0.39, 0.29) is 0 Å². The van der Waals surface area contributed by atoms with Crippen LogP contribution in [0.4, 0.5) is 87.8 Å². The molecule has 0 saturated carbocycles. The van der Waals surface area contributed by atoms with Gasteiger partial charge in [-0.2, -0.15) is 0 Å². The molecule has 65 heavy (non-hydrogen) atoms. The van der Waals surface area contributed by atoms with Gasteiger partial charge in [0.05, 0.1) is 5.56 Å². The molecule has 7 aromatic rings. The number of carbonyl (C=O) groups is 1. The molecule has 6 aromatic carbocycles. The predicted molar refractivity (Wildman–Crippen MR) is 186 cm³/mol. The second kappa shape index (κ2) is 17.4. The number of benzene rings is 6. The number of rotatable bonds is 7. The quantitative estimate of drug-likeness (QED) is 0.0572. The summed E-state index contributed by atoms with van der Waals surface area (Å²) in [5.74, 6) is -72.3. The zero-order valence-corrected chi connectivity index (χ0v) is 31.0. The first-order chi connectivity index (χ1) is 30.4. The zero-order valence-electron chi connectivity index (χ0n) is 31.0. The highest BCUT2D eigenvalue weighted by atomic mass is 19.2. The fraction of sp³-hybridized carbons (Fsp3) is 0.0244. The molecular formula is C41H14BF20NO2. The van der Waals surface area contributed by atoms with Crippen molar-refractivity contribution in [1.29, 1.82) is 0 Å². The third kappa shape index (κ3) is 7.42. The van der Waals surface area contributed by atoms with E-state index in [0.29, 0.717) is 5.56 Å². The van der Waals surface area contributed by atoms with Gasteiger partial charge in [0.2, 0.25) is 0 Å². The van der Waals surface area contributed by atoms with Crippen molar-refractivity contribution in [2.45, 2.75) is 6.54 Å². The number of hydrogen-bond acceptors (Lipinski definition) is 1. The van der Waals surface area contributed by atoms with Gasteiger partial charge in [-0.1, -0.05) is 36.4 Å². The van der Waals surface area contributed by atoms with Crippen LogP contribution in [-0.2, 0) is 6.54 Å². The zero-order chi connectivity index (χ0) is 48.3. The number of pyridine rings is 1. The van der Waals surface area contributed by atoms with Crippen LogP contribution in [0.25, 0.3) is 10.8 Å². The Morgan fingerprint density at radius 2 is 0.708 bits per heavy atom. The largest absolute Gasteiger partial charge is 0.478 e. The van der Waals surface area contributed by atoms with Crippen molar-refractivity contribution < 1.29 is 102 Å². The van der Waals surface area contributed by atoms with Gasteiger partial charge in [0, 0.05) is 22.4 Å². The molecule has 0 bridgehead atoms. The lowest BCUT2D eigenvalue weighted by Crippen LogP contribution is -2.81. The lowest BCUT2D eigenvalue weighted by molar-refractivity contribution is -0.687. The van der Waals surface area contributed by atoms with Crippen LogP contribution >= 0.6 is 0 Å². The molecule has 0 saturated heterocycles. The van der Waals surface area contributed by atoms with Crippen LogP contribution in [0.15, 0.2) is 67.0 Å². The van der Waals surface area contributed by atoms with Crippen molar-refractivity contribution in [3.05, 3.63) is 194 Å². The third-order valence-corrected chi connectivity index (χ3v) is 10.0. The highest BCUT2D eigenvalue weighted by Crippen LogP contribution is 2.31. The maximum Gasteiger partial charge on any atom is 0.336 e. The van der Waals surface area contributed by atoms with Crippen molar-refractivity contribution in [2.75, 3.05) is 0 Å². The van der Waals surface area contributed by atoms with Gasteiger partial charge < -0.3 is 5.11 Å². The van der Waals surface area contributed by atoms with Crippen LogP contribution in [0.2, 0.25) is 0 Å². The number of aromatic carboxylic acids is 1. The Morgan fingerprint density at radius 1 is 0.400 bits per heavy atom. The molecule has 0 aliphatic carbocycles. The molecular weight excluding hydrogens is 929 g/mol. The van der Waals surface area contributed by atoms with E-state index in [1.807, 2.05) is 42.7 Å². The Kier molecular flexibility index (Phi) is 12.7. The molecule has 0 radical (unpaired) electrons. The number of fused-ring (bicyclic) bond motifs is 1. The van der Waals surface area contributed by atoms with Gasteiger partial charge in [-0.05, 0) is 12.1 Å². The summed E-state index contributed by atoms with van der Waals surface area (Å²) in [5, 5.41) is 10.9. The van der Waals surface area contributed by atoms with Crippen LogP contribution in [0.3, 0.4) is 0 Å². The molecule has 0 unspecified atom stereocenters. The fourth-order valence-corrected chi connectivity index (χ4v) is 7.23. The minimum absolute atomic E-state index is 0.342. The molecule has 3 nitrogen and oxygen atoms in total. The Labute approximate surface area is 347 Å². The summed E-state index contributed by atoms with van der Waals surface area (Å²) in [6.07, 6.45) is -3.32. The van der Waals surface area contributed by atoms with Crippen molar-refractivity contribution in [3.63, 3.8) is 0 Å². The minimum atomic E-state index is -7.22. The van der Waals surface area contributed by atoms with Crippen LogP contribution in [0, 0.1) is 116 Å². The van der Waals surface area contributed by atoms with Crippen molar-refractivity contribution >= 4 is 44.7 Å². The molecule has 0 spiro atoms. The molecule has 0 aliphatic rings. The SMILES string of the molecule is Fc1c(F)c(F)c([B-](c2c(F)c(F)c(F)c(F)c2F)(c2c(F)c(F)c(F)c(F)c2F)c2c(F)c(F)c(F)c(F)c2F)c(F)c1F.O=C(O)c1cccc2c[n+](Cc3ccccc3)ccc12. The highest BCUT2D eigenvalue weighted by Gasteiger charge is 2.52. The topological polar surface area (TPSA) is 41.2 Å². The maximum absolute atomic E-state index is 15.4.